The maximum Gasteiger partial charge on any atom is 0.344 e. The number of carboxylic acid groups (broad SMARTS) is 1. The van der Waals surface area contributed by atoms with Crippen LogP contribution in [0.25, 0.3) is 0 Å². The third kappa shape index (κ3) is 3.66. The second-order valence-corrected chi connectivity index (χ2v) is 2.63. The molecule has 0 unspecified atom stereocenters. The van der Waals surface area contributed by atoms with Crippen molar-refractivity contribution in [3.63, 3.8) is 0 Å². The minimum absolute atomic E-state index is 0.435. The van der Waals surface area contributed by atoms with Gasteiger partial charge in [-0.05, 0) is 19.1 Å². The van der Waals surface area contributed by atoms with Crippen molar-refractivity contribution in [1.82, 2.24) is 4.98 Å². The second kappa shape index (κ2) is 4.96. The van der Waals surface area contributed by atoms with E-state index in [1.54, 1.807) is 6.20 Å². The predicted molar refractivity (Wildman–Crippen MR) is 50.2 cm³/mol. The third-order valence-corrected chi connectivity index (χ3v) is 1.40. The molecular formula is C9H10N2O3. The molecule has 0 aliphatic carbocycles. The van der Waals surface area contributed by atoms with E-state index in [9.17, 15) is 4.79 Å². The van der Waals surface area contributed by atoms with Gasteiger partial charge >= 0.3 is 5.97 Å². The standard InChI is InChI=1S/C9H10N2O3/c1-7-2-3-8(4-10-7)5-11-14-6-9(12)13/h2-5H,6H2,1H3,(H,12,13)/b11-5+. The summed E-state index contributed by atoms with van der Waals surface area (Å²) in [6.45, 7) is 1.44. The van der Waals surface area contributed by atoms with Crippen LogP contribution in [0.15, 0.2) is 23.5 Å². The molecule has 1 aromatic rings. The van der Waals surface area contributed by atoms with Crippen LogP contribution in [0.1, 0.15) is 11.3 Å². The number of aromatic nitrogens is 1. The zero-order chi connectivity index (χ0) is 10.4. The molecule has 5 nitrogen and oxygen atoms in total. The lowest BCUT2D eigenvalue weighted by Crippen LogP contribution is -2.03. The van der Waals surface area contributed by atoms with Gasteiger partial charge in [0.2, 0.25) is 6.61 Å². The lowest BCUT2D eigenvalue weighted by Gasteiger charge is -1.94. The largest absolute Gasteiger partial charge is 0.479 e. The minimum Gasteiger partial charge on any atom is -0.479 e. The molecule has 0 bridgehead atoms. The van der Waals surface area contributed by atoms with Crippen molar-refractivity contribution in [2.24, 2.45) is 5.16 Å². The molecular weight excluding hydrogens is 184 g/mol. The van der Waals surface area contributed by atoms with Gasteiger partial charge in [-0.25, -0.2) is 4.79 Å². The predicted octanol–water partition coefficient (Wildman–Crippen LogP) is 0.825. The fraction of sp³-hybridized carbons (Fsp3) is 0.222. The van der Waals surface area contributed by atoms with Crippen molar-refractivity contribution in [1.29, 1.82) is 0 Å². The summed E-state index contributed by atoms with van der Waals surface area (Å²) < 4.78 is 0. The highest BCUT2D eigenvalue weighted by Crippen LogP contribution is 1.95. The molecule has 0 saturated carbocycles. The Morgan fingerprint density at radius 1 is 1.71 bits per heavy atom. The summed E-state index contributed by atoms with van der Waals surface area (Å²) in [5.41, 5.74) is 1.68. The number of pyridine rings is 1. The Morgan fingerprint density at radius 3 is 3.07 bits per heavy atom. The highest BCUT2D eigenvalue weighted by molar-refractivity contribution is 5.78. The first-order valence-electron chi connectivity index (χ1n) is 3.98. The molecule has 0 amide bonds. The van der Waals surface area contributed by atoms with Gasteiger partial charge in [-0.3, -0.25) is 4.98 Å². The van der Waals surface area contributed by atoms with Crippen LogP contribution < -0.4 is 0 Å². The Balaban J connectivity index is 2.44. The molecule has 1 N–H and O–H groups in total. The van der Waals surface area contributed by atoms with Crippen LogP contribution in [-0.4, -0.2) is 28.9 Å². The van der Waals surface area contributed by atoms with Gasteiger partial charge in [-0.1, -0.05) is 5.16 Å². The smallest absolute Gasteiger partial charge is 0.344 e. The number of hydrogen-bond acceptors (Lipinski definition) is 4. The maximum atomic E-state index is 10.0. The van der Waals surface area contributed by atoms with E-state index < -0.39 is 12.6 Å². The molecule has 0 radical (unpaired) electrons. The van der Waals surface area contributed by atoms with Crippen molar-refractivity contribution in [3.8, 4) is 0 Å². The Kier molecular flexibility index (Phi) is 3.60. The van der Waals surface area contributed by atoms with Crippen LogP contribution in [-0.2, 0) is 9.63 Å². The van der Waals surface area contributed by atoms with Gasteiger partial charge in [0.15, 0.2) is 0 Å². The zero-order valence-corrected chi connectivity index (χ0v) is 7.67. The number of carbonyl (C=O) groups is 1. The fourth-order valence-corrected chi connectivity index (χ4v) is 0.746. The summed E-state index contributed by atoms with van der Waals surface area (Å²) in [5.74, 6) is -1.05. The monoisotopic (exact) mass is 194 g/mol. The first-order chi connectivity index (χ1) is 6.68. The van der Waals surface area contributed by atoms with Crippen LogP contribution in [0.3, 0.4) is 0 Å². The quantitative estimate of drug-likeness (QED) is 0.569. The maximum absolute atomic E-state index is 10.0. The van der Waals surface area contributed by atoms with Crippen molar-refractivity contribution < 1.29 is 14.7 Å². The van der Waals surface area contributed by atoms with Gasteiger partial charge in [0.25, 0.3) is 0 Å². The zero-order valence-electron chi connectivity index (χ0n) is 7.67. The summed E-state index contributed by atoms with van der Waals surface area (Å²) in [5, 5.41) is 11.7. The number of carboxylic acids is 1. The van der Waals surface area contributed by atoms with Gasteiger partial charge in [-0.2, -0.15) is 0 Å². The topological polar surface area (TPSA) is 71.8 Å². The van der Waals surface area contributed by atoms with Gasteiger partial charge < -0.3 is 9.94 Å². The summed E-state index contributed by atoms with van der Waals surface area (Å²) in [6.07, 6.45) is 3.04. The molecule has 1 aromatic heterocycles. The van der Waals surface area contributed by atoms with Crippen LogP contribution in [0.5, 0.6) is 0 Å². The highest BCUT2D eigenvalue weighted by Gasteiger charge is 1.93. The molecule has 0 spiro atoms. The molecule has 0 aromatic carbocycles. The average molecular weight is 194 g/mol. The molecule has 74 valence electrons. The minimum atomic E-state index is -1.05. The van der Waals surface area contributed by atoms with Crippen LogP contribution in [0.2, 0.25) is 0 Å². The second-order valence-electron chi connectivity index (χ2n) is 2.63. The number of hydrogen-bond donors (Lipinski definition) is 1. The molecule has 1 rings (SSSR count). The number of rotatable bonds is 4. The van der Waals surface area contributed by atoms with Crippen molar-refractivity contribution in [2.75, 3.05) is 6.61 Å². The van der Waals surface area contributed by atoms with E-state index >= 15 is 0 Å². The van der Waals surface area contributed by atoms with Crippen molar-refractivity contribution >= 4 is 12.2 Å². The molecule has 0 atom stereocenters. The lowest BCUT2D eigenvalue weighted by molar-refractivity contribution is -0.142. The third-order valence-electron chi connectivity index (χ3n) is 1.40. The van der Waals surface area contributed by atoms with E-state index in [0.717, 1.165) is 11.3 Å². The first-order valence-corrected chi connectivity index (χ1v) is 3.98. The van der Waals surface area contributed by atoms with Crippen molar-refractivity contribution in [2.45, 2.75) is 6.92 Å². The number of nitrogens with zero attached hydrogens (tertiary/aromatic N) is 2. The summed E-state index contributed by atoms with van der Waals surface area (Å²) in [6, 6.07) is 3.65. The number of oxime groups is 1. The van der Waals surface area contributed by atoms with Gasteiger partial charge in [-0.15, -0.1) is 0 Å². The molecule has 1 heterocycles. The van der Waals surface area contributed by atoms with E-state index in [4.69, 9.17) is 5.11 Å². The Morgan fingerprint density at radius 2 is 2.50 bits per heavy atom. The van der Waals surface area contributed by atoms with E-state index in [0.29, 0.717) is 0 Å². The molecule has 0 aliphatic rings. The number of aliphatic carboxylic acids is 1. The molecule has 0 fully saturated rings. The molecule has 5 heteroatoms. The number of aryl methyl sites for hydroxylation is 1. The van der Waals surface area contributed by atoms with E-state index in [1.807, 2.05) is 19.1 Å². The lowest BCUT2D eigenvalue weighted by atomic mass is 10.3. The Labute approximate surface area is 81.0 Å². The van der Waals surface area contributed by atoms with Gasteiger partial charge in [0.1, 0.15) is 0 Å². The van der Waals surface area contributed by atoms with Crippen LogP contribution in [0, 0.1) is 6.92 Å². The van der Waals surface area contributed by atoms with Crippen LogP contribution >= 0.6 is 0 Å². The summed E-state index contributed by atoms with van der Waals surface area (Å²) in [7, 11) is 0. The van der Waals surface area contributed by atoms with E-state index in [-0.39, 0.29) is 0 Å². The van der Waals surface area contributed by atoms with Crippen molar-refractivity contribution in [3.05, 3.63) is 29.6 Å². The normalized spacial score (nSPS) is 10.4. The van der Waals surface area contributed by atoms with E-state index in [1.165, 1.54) is 6.21 Å². The molecule has 14 heavy (non-hydrogen) atoms. The average Bonchev–Trinajstić information content (AvgIpc) is 2.15. The van der Waals surface area contributed by atoms with E-state index in [2.05, 4.69) is 15.0 Å². The Bertz CT molecular complexity index is 332. The highest BCUT2D eigenvalue weighted by atomic mass is 16.6. The fourth-order valence-electron chi connectivity index (χ4n) is 0.746. The first kappa shape index (κ1) is 10.2. The SMILES string of the molecule is Cc1ccc(/C=N/OCC(=O)O)cn1. The Hall–Kier alpha value is -1.91. The van der Waals surface area contributed by atoms with Crippen LogP contribution in [0.4, 0.5) is 0 Å². The summed E-state index contributed by atoms with van der Waals surface area (Å²) in [4.78, 5) is 18.5. The van der Waals surface area contributed by atoms with Gasteiger partial charge in [0, 0.05) is 17.5 Å². The molecule has 0 saturated heterocycles. The van der Waals surface area contributed by atoms with Gasteiger partial charge in [0.05, 0.1) is 6.21 Å². The summed E-state index contributed by atoms with van der Waals surface area (Å²) >= 11 is 0. The molecule has 0 aliphatic heterocycles.